The van der Waals surface area contributed by atoms with Crippen molar-refractivity contribution in [1.29, 1.82) is 0 Å². The molecule has 0 radical (unpaired) electrons. The van der Waals surface area contributed by atoms with Crippen molar-refractivity contribution in [3.05, 3.63) is 36.7 Å². The summed E-state index contributed by atoms with van der Waals surface area (Å²) in [5.41, 5.74) is 0. The summed E-state index contributed by atoms with van der Waals surface area (Å²) in [6.07, 6.45) is 7.00. The molecule has 2 heteroatoms. The number of nitrogens with zero attached hydrogens (tertiary/aromatic N) is 1. The minimum atomic E-state index is 0.0568. The van der Waals surface area contributed by atoms with Crippen molar-refractivity contribution < 1.29 is 9.36 Å². The van der Waals surface area contributed by atoms with E-state index in [1.165, 1.54) is 13.0 Å². The largest absolute Gasteiger partial charge is 0.295 e. The Hall–Kier alpha value is -1.44. The first kappa shape index (κ1) is 7.66. The second-order valence-electron chi connectivity index (χ2n) is 2.25. The predicted octanol–water partition coefficient (Wildman–Crippen LogP) is 1.03. The number of rotatable bonds is 2. The fourth-order valence-electron chi connectivity index (χ4n) is 0.702. The summed E-state index contributed by atoms with van der Waals surface area (Å²) in [4.78, 5) is 10.5. The van der Waals surface area contributed by atoms with Crippen LogP contribution in [0.1, 0.15) is 6.92 Å². The standard InChI is InChI=1S/C9H10NO/c1-9(11)5-8-10-6-3-2-4-7-10/h2-8H,1H3/q+1/b8-5+. The highest BCUT2D eigenvalue weighted by Crippen LogP contribution is 1.78. The molecule has 0 bridgehead atoms. The first-order valence-electron chi connectivity index (χ1n) is 3.43. The number of ketones is 1. The maximum absolute atomic E-state index is 10.5. The highest BCUT2D eigenvalue weighted by Gasteiger charge is 1.90. The van der Waals surface area contributed by atoms with Crippen LogP contribution in [0.4, 0.5) is 0 Å². The Morgan fingerprint density at radius 1 is 1.27 bits per heavy atom. The third kappa shape index (κ3) is 2.76. The van der Waals surface area contributed by atoms with Gasteiger partial charge in [-0.15, -0.1) is 0 Å². The van der Waals surface area contributed by atoms with Crippen molar-refractivity contribution in [2.45, 2.75) is 6.92 Å². The van der Waals surface area contributed by atoms with Crippen LogP contribution in [0.15, 0.2) is 36.7 Å². The zero-order valence-corrected chi connectivity index (χ0v) is 6.40. The van der Waals surface area contributed by atoms with Gasteiger partial charge in [0, 0.05) is 18.2 Å². The number of aromatic nitrogens is 1. The molecule has 0 aliphatic carbocycles. The first-order chi connectivity index (χ1) is 5.29. The quantitative estimate of drug-likeness (QED) is 0.453. The Bertz CT molecular complexity index is 264. The van der Waals surface area contributed by atoms with Gasteiger partial charge in [-0.2, -0.15) is 4.57 Å². The Morgan fingerprint density at radius 3 is 2.45 bits per heavy atom. The summed E-state index contributed by atoms with van der Waals surface area (Å²) < 4.78 is 1.82. The molecule has 0 unspecified atom stereocenters. The smallest absolute Gasteiger partial charge is 0.178 e. The summed E-state index contributed by atoms with van der Waals surface area (Å²) >= 11 is 0. The van der Waals surface area contributed by atoms with Gasteiger partial charge in [0.1, 0.15) is 0 Å². The van der Waals surface area contributed by atoms with Gasteiger partial charge in [0.25, 0.3) is 0 Å². The van der Waals surface area contributed by atoms with Crippen LogP contribution in [0.5, 0.6) is 0 Å². The second-order valence-corrected chi connectivity index (χ2v) is 2.25. The molecular formula is C9H10NO+. The topological polar surface area (TPSA) is 20.9 Å². The molecule has 56 valence electrons. The molecule has 1 aromatic heterocycles. The van der Waals surface area contributed by atoms with Crippen LogP contribution in [0.25, 0.3) is 6.20 Å². The molecule has 2 nitrogen and oxygen atoms in total. The van der Waals surface area contributed by atoms with E-state index in [0.717, 1.165) is 0 Å². The van der Waals surface area contributed by atoms with Gasteiger partial charge in [-0.05, 0) is 6.92 Å². The van der Waals surface area contributed by atoms with E-state index in [0.29, 0.717) is 0 Å². The molecule has 1 aromatic rings. The average Bonchev–Trinajstić information content (AvgIpc) is 2.03. The van der Waals surface area contributed by atoms with E-state index in [-0.39, 0.29) is 5.78 Å². The van der Waals surface area contributed by atoms with Crippen molar-refractivity contribution in [3.8, 4) is 0 Å². The number of carbonyl (C=O) groups excluding carboxylic acids is 1. The lowest BCUT2D eigenvalue weighted by molar-refractivity contribution is -0.568. The van der Waals surface area contributed by atoms with E-state index in [1.807, 2.05) is 35.2 Å². The van der Waals surface area contributed by atoms with Crippen molar-refractivity contribution in [2.75, 3.05) is 0 Å². The number of allylic oxidation sites excluding steroid dienone is 1. The average molecular weight is 148 g/mol. The van der Waals surface area contributed by atoms with Gasteiger partial charge in [0.15, 0.2) is 24.4 Å². The van der Waals surface area contributed by atoms with E-state index in [9.17, 15) is 4.79 Å². The summed E-state index contributed by atoms with van der Waals surface area (Å²) in [6, 6.07) is 5.74. The molecule has 0 aromatic carbocycles. The van der Waals surface area contributed by atoms with Crippen LogP contribution in [0, 0.1) is 0 Å². The number of carbonyl (C=O) groups is 1. The normalized spacial score (nSPS) is 10.3. The Kier molecular flexibility index (Phi) is 2.55. The van der Waals surface area contributed by atoms with Crippen molar-refractivity contribution in [2.24, 2.45) is 0 Å². The summed E-state index contributed by atoms with van der Waals surface area (Å²) in [7, 11) is 0. The SMILES string of the molecule is CC(=O)/C=C/[n+]1ccccc1. The molecule has 0 aliphatic heterocycles. The van der Waals surface area contributed by atoms with Crippen molar-refractivity contribution in [1.82, 2.24) is 0 Å². The Balaban J connectivity index is 2.72. The molecule has 0 fully saturated rings. The lowest BCUT2D eigenvalue weighted by Crippen LogP contribution is -2.23. The second kappa shape index (κ2) is 3.66. The van der Waals surface area contributed by atoms with E-state index in [1.54, 1.807) is 6.20 Å². The van der Waals surface area contributed by atoms with E-state index < -0.39 is 0 Å². The van der Waals surface area contributed by atoms with Crippen molar-refractivity contribution in [3.63, 3.8) is 0 Å². The minimum Gasteiger partial charge on any atom is -0.295 e. The predicted molar refractivity (Wildman–Crippen MR) is 42.6 cm³/mol. The van der Waals surface area contributed by atoms with Crippen LogP contribution in [-0.2, 0) is 4.79 Å². The molecule has 0 aliphatic rings. The van der Waals surface area contributed by atoms with E-state index >= 15 is 0 Å². The number of pyridine rings is 1. The molecule has 0 saturated carbocycles. The molecule has 1 rings (SSSR count). The highest BCUT2D eigenvalue weighted by molar-refractivity contribution is 5.89. The van der Waals surface area contributed by atoms with Crippen LogP contribution in [0.2, 0.25) is 0 Å². The van der Waals surface area contributed by atoms with Crippen molar-refractivity contribution >= 4 is 12.0 Å². The lowest BCUT2D eigenvalue weighted by atomic mass is 10.4. The zero-order chi connectivity index (χ0) is 8.10. The maximum Gasteiger partial charge on any atom is 0.178 e. The number of hydrogen-bond acceptors (Lipinski definition) is 1. The molecule has 11 heavy (non-hydrogen) atoms. The van der Waals surface area contributed by atoms with Gasteiger partial charge in [0.05, 0.1) is 0 Å². The Morgan fingerprint density at radius 2 is 1.91 bits per heavy atom. The monoisotopic (exact) mass is 148 g/mol. The van der Waals surface area contributed by atoms with Crippen LogP contribution < -0.4 is 4.57 Å². The zero-order valence-electron chi connectivity index (χ0n) is 6.40. The van der Waals surface area contributed by atoms with Crippen LogP contribution in [0.3, 0.4) is 0 Å². The fraction of sp³-hybridized carbons (Fsp3) is 0.111. The summed E-state index contributed by atoms with van der Waals surface area (Å²) in [5, 5.41) is 0. The van der Waals surface area contributed by atoms with Gasteiger partial charge in [-0.25, -0.2) is 0 Å². The van der Waals surface area contributed by atoms with E-state index in [4.69, 9.17) is 0 Å². The molecule has 1 heterocycles. The third-order valence-corrected chi connectivity index (χ3v) is 1.22. The lowest BCUT2D eigenvalue weighted by Gasteiger charge is -1.82. The fourth-order valence-corrected chi connectivity index (χ4v) is 0.702. The maximum atomic E-state index is 10.5. The van der Waals surface area contributed by atoms with E-state index in [2.05, 4.69) is 0 Å². The van der Waals surface area contributed by atoms with Crippen LogP contribution in [-0.4, -0.2) is 5.78 Å². The molecular weight excluding hydrogens is 138 g/mol. The Labute approximate surface area is 65.8 Å². The van der Waals surface area contributed by atoms with Gasteiger partial charge >= 0.3 is 0 Å². The molecule has 0 N–H and O–H groups in total. The molecule has 0 saturated heterocycles. The molecule has 0 spiro atoms. The number of hydrogen-bond donors (Lipinski definition) is 0. The highest BCUT2D eigenvalue weighted by atomic mass is 16.1. The van der Waals surface area contributed by atoms with Gasteiger partial charge in [0.2, 0.25) is 0 Å². The molecule has 0 amide bonds. The van der Waals surface area contributed by atoms with Gasteiger partial charge in [-0.1, -0.05) is 6.07 Å². The van der Waals surface area contributed by atoms with Crippen LogP contribution >= 0.6 is 0 Å². The third-order valence-electron chi connectivity index (χ3n) is 1.22. The minimum absolute atomic E-state index is 0.0568. The molecule has 0 atom stereocenters. The first-order valence-corrected chi connectivity index (χ1v) is 3.43. The van der Waals surface area contributed by atoms with Gasteiger partial charge in [-0.3, -0.25) is 4.79 Å². The summed E-state index contributed by atoms with van der Waals surface area (Å²) in [6.45, 7) is 1.53. The van der Waals surface area contributed by atoms with Gasteiger partial charge < -0.3 is 0 Å². The summed E-state index contributed by atoms with van der Waals surface area (Å²) in [5.74, 6) is 0.0568.